The van der Waals surface area contributed by atoms with E-state index in [0.717, 1.165) is 32.7 Å². The first-order valence-electron chi connectivity index (χ1n) is 9.19. The average Bonchev–Trinajstić information content (AvgIpc) is 3.16. The lowest BCUT2D eigenvalue weighted by Gasteiger charge is -2.30. The third-order valence-electron chi connectivity index (χ3n) is 5.16. The first-order valence-corrected chi connectivity index (χ1v) is 9.19. The summed E-state index contributed by atoms with van der Waals surface area (Å²) in [5.74, 6) is 0.427. The molecular formula is C19H29N3O2. The van der Waals surface area contributed by atoms with E-state index in [4.69, 9.17) is 4.74 Å². The number of hydrogen-bond donors (Lipinski definition) is 2. The van der Waals surface area contributed by atoms with Crippen molar-refractivity contribution < 1.29 is 9.53 Å². The van der Waals surface area contributed by atoms with E-state index in [1.807, 2.05) is 6.07 Å². The molecule has 2 amide bonds. The van der Waals surface area contributed by atoms with Gasteiger partial charge in [0.15, 0.2) is 0 Å². The van der Waals surface area contributed by atoms with Crippen molar-refractivity contribution in [1.82, 2.24) is 10.6 Å². The molecule has 2 aliphatic rings. The summed E-state index contributed by atoms with van der Waals surface area (Å²) in [5, 5.41) is 6.06. The van der Waals surface area contributed by atoms with Gasteiger partial charge >= 0.3 is 6.03 Å². The van der Waals surface area contributed by atoms with Crippen molar-refractivity contribution in [3.8, 4) is 0 Å². The maximum Gasteiger partial charge on any atom is 0.315 e. The van der Waals surface area contributed by atoms with Crippen LogP contribution in [0, 0.1) is 5.92 Å². The third-order valence-corrected chi connectivity index (χ3v) is 5.16. The summed E-state index contributed by atoms with van der Waals surface area (Å²) in [6.07, 6.45) is 4.85. The van der Waals surface area contributed by atoms with Gasteiger partial charge in [-0.2, -0.15) is 0 Å². The van der Waals surface area contributed by atoms with Crippen LogP contribution in [0.4, 0.5) is 10.5 Å². The van der Waals surface area contributed by atoms with Crippen LogP contribution in [-0.2, 0) is 11.3 Å². The summed E-state index contributed by atoms with van der Waals surface area (Å²) in [4.78, 5) is 14.6. The van der Waals surface area contributed by atoms with E-state index in [0.29, 0.717) is 12.5 Å². The zero-order chi connectivity index (χ0) is 16.8. The van der Waals surface area contributed by atoms with Gasteiger partial charge in [0.25, 0.3) is 0 Å². The number of para-hydroxylation sites is 1. The summed E-state index contributed by atoms with van der Waals surface area (Å²) in [6.45, 7) is 6.40. The Labute approximate surface area is 144 Å². The van der Waals surface area contributed by atoms with Crippen LogP contribution in [-0.4, -0.2) is 38.4 Å². The quantitative estimate of drug-likeness (QED) is 0.872. The second-order valence-electron chi connectivity index (χ2n) is 6.92. The summed E-state index contributed by atoms with van der Waals surface area (Å²) < 4.78 is 5.39. The maximum atomic E-state index is 12.2. The largest absolute Gasteiger partial charge is 0.381 e. The van der Waals surface area contributed by atoms with E-state index in [-0.39, 0.29) is 12.1 Å². The molecule has 5 nitrogen and oxygen atoms in total. The normalized spacial score (nSPS) is 22.2. The number of piperidine rings is 1. The van der Waals surface area contributed by atoms with Crippen LogP contribution in [0.25, 0.3) is 0 Å². The van der Waals surface area contributed by atoms with Crippen LogP contribution in [0.2, 0.25) is 0 Å². The predicted octanol–water partition coefficient (Wildman–Crippen LogP) is 2.90. The van der Waals surface area contributed by atoms with Gasteiger partial charge in [-0.05, 0) is 44.2 Å². The van der Waals surface area contributed by atoms with Gasteiger partial charge in [0.2, 0.25) is 0 Å². The minimum atomic E-state index is -0.0946. The molecule has 2 fully saturated rings. The van der Waals surface area contributed by atoms with Crippen molar-refractivity contribution >= 4 is 11.7 Å². The molecule has 2 saturated heterocycles. The van der Waals surface area contributed by atoms with Gasteiger partial charge < -0.3 is 20.3 Å². The number of hydrogen-bond acceptors (Lipinski definition) is 3. The Bertz CT molecular complexity index is 537. The van der Waals surface area contributed by atoms with Gasteiger partial charge in [0.1, 0.15) is 0 Å². The molecule has 0 unspecified atom stereocenters. The van der Waals surface area contributed by atoms with Gasteiger partial charge in [-0.1, -0.05) is 18.2 Å². The van der Waals surface area contributed by atoms with E-state index in [9.17, 15) is 4.79 Å². The van der Waals surface area contributed by atoms with Crippen molar-refractivity contribution in [3.63, 3.8) is 0 Å². The number of nitrogens with zero attached hydrogens (tertiary/aromatic N) is 1. The van der Waals surface area contributed by atoms with Gasteiger partial charge in [-0.3, -0.25) is 0 Å². The molecule has 2 heterocycles. The lowest BCUT2D eigenvalue weighted by molar-refractivity contribution is 0.178. The average molecular weight is 331 g/mol. The second-order valence-corrected chi connectivity index (χ2v) is 6.92. The highest BCUT2D eigenvalue weighted by atomic mass is 16.5. The highest BCUT2D eigenvalue weighted by molar-refractivity contribution is 5.74. The van der Waals surface area contributed by atoms with Crippen LogP contribution in [0.5, 0.6) is 0 Å². The van der Waals surface area contributed by atoms with Crippen LogP contribution >= 0.6 is 0 Å². The Morgan fingerprint density at radius 3 is 2.83 bits per heavy atom. The van der Waals surface area contributed by atoms with E-state index in [1.165, 1.54) is 30.5 Å². The minimum absolute atomic E-state index is 0.0946. The molecule has 2 aliphatic heterocycles. The van der Waals surface area contributed by atoms with Gasteiger partial charge in [0, 0.05) is 43.9 Å². The number of carbonyl (C=O) groups excluding carboxylic acids is 1. The summed E-state index contributed by atoms with van der Waals surface area (Å²) in [6, 6.07) is 8.45. The molecule has 0 spiro atoms. The molecule has 132 valence electrons. The number of urea groups is 1. The van der Waals surface area contributed by atoms with Crippen LogP contribution in [0.15, 0.2) is 24.3 Å². The van der Waals surface area contributed by atoms with Gasteiger partial charge in [0.05, 0.1) is 6.61 Å². The fourth-order valence-electron chi connectivity index (χ4n) is 3.60. The van der Waals surface area contributed by atoms with Crippen LogP contribution < -0.4 is 15.5 Å². The Kier molecular flexibility index (Phi) is 5.96. The van der Waals surface area contributed by atoms with Gasteiger partial charge in [-0.15, -0.1) is 0 Å². The lowest BCUT2D eigenvalue weighted by atomic mass is 10.0. The maximum absolute atomic E-state index is 12.2. The lowest BCUT2D eigenvalue weighted by Crippen LogP contribution is -2.44. The fourth-order valence-corrected chi connectivity index (χ4v) is 3.60. The molecule has 1 aromatic carbocycles. The summed E-state index contributed by atoms with van der Waals surface area (Å²) >= 11 is 0. The first-order chi connectivity index (χ1) is 11.7. The van der Waals surface area contributed by atoms with Crippen molar-refractivity contribution in [1.29, 1.82) is 0 Å². The van der Waals surface area contributed by atoms with Gasteiger partial charge in [-0.25, -0.2) is 4.79 Å². The molecule has 1 aromatic rings. The van der Waals surface area contributed by atoms with Crippen molar-refractivity contribution in [2.24, 2.45) is 5.92 Å². The number of anilines is 1. The molecule has 0 saturated carbocycles. The smallest absolute Gasteiger partial charge is 0.315 e. The molecule has 24 heavy (non-hydrogen) atoms. The summed E-state index contributed by atoms with van der Waals surface area (Å²) in [5.41, 5.74) is 2.45. The number of rotatable bonds is 5. The standard InChI is InChI=1S/C19H29N3O2/c1-15(17-9-12-24-14-17)21-19(23)20-13-16-7-3-4-8-18(16)22-10-5-2-6-11-22/h3-4,7-8,15,17H,2,5-6,9-14H2,1H3,(H2,20,21,23)/t15-,17-/m0/s1. The van der Waals surface area contributed by atoms with Crippen molar-refractivity contribution in [2.75, 3.05) is 31.2 Å². The molecule has 2 N–H and O–H groups in total. The van der Waals surface area contributed by atoms with E-state index in [2.05, 4.69) is 40.7 Å². The Morgan fingerprint density at radius 1 is 1.29 bits per heavy atom. The Balaban J connectivity index is 1.53. The first kappa shape index (κ1) is 17.1. The zero-order valence-corrected chi connectivity index (χ0v) is 14.6. The number of amides is 2. The van der Waals surface area contributed by atoms with E-state index < -0.39 is 0 Å². The molecule has 3 rings (SSSR count). The zero-order valence-electron chi connectivity index (χ0n) is 14.6. The van der Waals surface area contributed by atoms with Crippen LogP contribution in [0.1, 0.15) is 38.2 Å². The van der Waals surface area contributed by atoms with Crippen molar-refractivity contribution in [2.45, 2.75) is 45.2 Å². The number of ether oxygens (including phenoxy) is 1. The number of benzene rings is 1. The topological polar surface area (TPSA) is 53.6 Å². The van der Waals surface area contributed by atoms with E-state index >= 15 is 0 Å². The highest BCUT2D eigenvalue weighted by Crippen LogP contribution is 2.24. The molecule has 0 aromatic heterocycles. The molecule has 0 bridgehead atoms. The third kappa shape index (κ3) is 4.41. The fraction of sp³-hybridized carbons (Fsp3) is 0.632. The molecule has 2 atom stereocenters. The molecule has 5 heteroatoms. The Hall–Kier alpha value is -1.75. The number of carbonyl (C=O) groups is 1. The SMILES string of the molecule is C[C@H](NC(=O)NCc1ccccc1N1CCCCC1)[C@H]1CCOC1. The highest BCUT2D eigenvalue weighted by Gasteiger charge is 2.23. The summed E-state index contributed by atoms with van der Waals surface area (Å²) in [7, 11) is 0. The predicted molar refractivity (Wildman–Crippen MR) is 96.3 cm³/mol. The minimum Gasteiger partial charge on any atom is -0.381 e. The van der Waals surface area contributed by atoms with Crippen LogP contribution in [0.3, 0.4) is 0 Å². The second kappa shape index (κ2) is 8.38. The molecular weight excluding hydrogens is 302 g/mol. The van der Waals surface area contributed by atoms with Crippen molar-refractivity contribution in [3.05, 3.63) is 29.8 Å². The monoisotopic (exact) mass is 331 g/mol. The molecule has 0 radical (unpaired) electrons. The Morgan fingerprint density at radius 2 is 2.08 bits per heavy atom. The molecule has 0 aliphatic carbocycles. The van der Waals surface area contributed by atoms with E-state index in [1.54, 1.807) is 0 Å². The number of nitrogens with one attached hydrogen (secondary N) is 2.